The van der Waals surface area contributed by atoms with Crippen molar-refractivity contribution in [1.82, 2.24) is 15.0 Å². The fraction of sp³-hybridized carbons (Fsp3) is 0.182. The zero-order valence-corrected chi connectivity index (χ0v) is 11.0. The fourth-order valence-electron chi connectivity index (χ4n) is 1.37. The predicted molar refractivity (Wildman–Crippen MR) is 70.6 cm³/mol. The van der Waals surface area contributed by atoms with Crippen molar-refractivity contribution in [3.63, 3.8) is 0 Å². The lowest BCUT2D eigenvalue weighted by atomic mass is 10.3. The molecule has 0 saturated carbocycles. The van der Waals surface area contributed by atoms with Crippen LogP contribution in [0.4, 0.5) is 22.0 Å². The van der Waals surface area contributed by atoms with Crippen LogP contribution in [0.1, 0.15) is 0 Å². The molecule has 2 N–H and O–H groups in total. The van der Waals surface area contributed by atoms with Crippen LogP contribution in [0, 0.1) is 5.82 Å². The van der Waals surface area contributed by atoms with E-state index in [-0.39, 0.29) is 17.0 Å². The first-order valence-electron chi connectivity index (χ1n) is 5.31. The predicted octanol–water partition coefficient (Wildman–Crippen LogP) is 2.46. The molecule has 6 nitrogen and oxygen atoms in total. The van der Waals surface area contributed by atoms with Gasteiger partial charge in [-0.1, -0.05) is 11.6 Å². The highest BCUT2D eigenvalue weighted by atomic mass is 35.5. The molecular weight excluding hydrogens is 273 g/mol. The van der Waals surface area contributed by atoms with Crippen molar-refractivity contribution in [2.75, 3.05) is 24.8 Å². The van der Waals surface area contributed by atoms with E-state index < -0.39 is 5.82 Å². The minimum absolute atomic E-state index is 0.143. The summed E-state index contributed by atoms with van der Waals surface area (Å²) in [5, 5.41) is 5.87. The summed E-state index contributed by atoms with van der Waals surface area (Å²) in [6.45, 7) is 0. The van der Waals surface area contributed by atoms with Crippen molar-refractivity contribution in [1.29, 1.82) is 0 Å². The molecule has 0 amide bonds. The van der Waals surface area contributed by atoms with Gasteiger partial charge in [0.15, 0.2) is 0 Å². The summed E-state index contributed by atoms with van der Waals surface area (Å²) in [4.78, 5) is 12.0. The Morgan fingerprint density at radius 3 is 2.53 bits per heavy atom. The van der Waals surface area contributed by atoms with E-state index in [2.05, 4.69) is 25.6 Å². The highest BCUT2D eigenvalue weighted by molar-refractivity contribution is 6.30. The van der Waals surface area contributed by atoms with Gasteiger partial charge in [-0.05, 0) is 18.2 Å². The third-order valence-electron chi connectivity index (χ3n) is 2.14. The summed E-state index contributed by atoms with van der Waals surface area (Å²) in [7, 11) is 3.11. The number of hydrogen-bond donors (Lipinski definition) is 2. The number of nitrogens with one attached hydrogen (secondary N) is 2. The van der Waals surface area contributed by atoms with Crippen LogP contribution in [0.3, 0.4) is 0 Å². The van der Waals surface area contributed by atoms with E-state index in [0.717, 1.165) is 0 Å². The summed E-state index contributed by atoms with van der Waals surface area (Å²) in [6.07, 6.45) is 0. The summed E-state index contributed by atoms with van der Waals surface area (Å²) in [5.74, 6) is 0.0968. The summed E-state index contributed by atoms with van der Waals surface area (Å²) in [5.41, 5.74) is 0.431. The number of benzene rings is 1. The van der Waals surface area contributed by atoms with Crippen LogP contribution in [-0.4, -0.2) is 29.1 Å². The van der Waals surface area contributed by atoms with Gasteiger partial charge in [-0.2, -0.15) is 15.0 Å². The molecule has 0 aliphatic heterocycles. The number of anilines is 3. The smallest absolute Gasteiger partial charge is 0.322 e. The molecule has 2 rings (SSSR count). The Bertz CT molecular complexity index is 553. The summed E-state index contributed by atoms with van der Waals surface area (Å²) < 4.78 is 18.1. The first kappa shape index (κ1) is 13.3. The van der Waals surface area contributed by atoms with Gasteiger partial charge < -0.3 is 15.4 Å². The van der Waals surface area contributed by atoms with Gasteiger partial charge in [0.25, 0.3) is 0 Å². The van der Waals surface area contributed by atoms with E-state index in [1.165, 1.54) is 19.2 Å². The first-order valence-corrected chi connectivity index (χ1v) is 5.69. The van der Waals surface area contributed by atoms with Crippen molar-refractivity contribution in [2.45, 2.75) is 0 Å². The molecule has 1 aromatic heterocycles. The lowest BCUT2D eigenvalue weighted by Gasteiger charge is -2.08. The highest BCUT2D eigenvalue weighted by Crippen LogP contribution is 2.21. The third-order valence-corrected chi connectivity index (χ3v) is 2.36. The molecule has 2 aromatic rings. The van der Waals surface area contributed by atoms with Crippen LogP contribution in [0.5, 0.6) is 6.01 Å². The Morgan fingerprint density at radius 1 is 1.16 bits per heavy atom. The average molecular weight is 284 g/mol. The van der Waals surface area contributed by atoms with Crippen LogP contribution in [0.2, 0.25) is 5.02 Å². The zero-order chi connectivity index (χ0) is 13.8. The minimum atomic E-state index is -0.454. The standard InChI is InChI=1S/C11H11ClFN5O/c1-14-9-16-10(18-11(17-9)19-2)15-8-4-6(12)3-7(13)5-8/h3-5H,1-2H3,(H2,14,15,16,17,18). The van der Waals surface area contributed by atoms with Crippen LogP contribution in [0.25, 0.3) is 0 Å². The molecule has 0 aliphatic rings. The van der Waals surface area contributed by atoms with Crippen LogP contribution >= 0.6 is 11.6 Å². The topological polar surface area (TPSA) is 72.0 Å². The molecule has 0 atom stereocenters. The molecular formula is C11H11ClFN5O. The number of ether oxygens (including phenoxy) is 1. The molecule has 8 heteroatoms. The minimum Gasteiger partial charge on any atom is -0.467 e. The Hall–Kier alpha value is -2.15. The van der Waals surface area contributed by atoms with Gasteiger partial charge in [0, 0.05) is 17.8 Å². The van der Waals surface area contributed by atoms with Crippen LogP contribution in [-0.2, 0) is 0 Å². The Morgan fingerprint density at radius 2 is 1.89 bits per heavy atom. The van der Waals surface area contributed by atoms with E-state index in [0.29, 0.717) is 11.6 Å². The normalized spacial score (nSPS) is 10.1. The molecule has 0 spiro atoms. The second-order valence-electron chi connectivity index (χ2n) is 3.50. The Labute approximate surface area is 114 Å². The maximum Gasteiger partial charge on any atom is 0.322 e. The van der Waals surface area contributed by atoms with E-state index in [1.54, 1.807) is 13.1 Å². The molecule has 0 unspecified atom stereocenters. The van der Waals surface area contributed by atoms with Crippen molar-refractivity contribution >= 4 is 29.2 Å². The molecule has 0 saturated heterocycles. The van der Waals surface area contributed by atoms with Crippen molar-refractivity contribution < 1.29 is 9.13 Å². The van der Waals surface area contributed by atoms with Gasteiger partial charge in [0.05, 0.1) is 7.11 Å². The second-order valence-corrected chi connectivity index (χ2v) is 3.94. The van der Waals surface area contributed by atoms with Gasteiger partial charge in [-0.15, -0.1) is 0 Å². The number of halogens is 2. The molecule has 0 bridgehead atoms. The maximum absolute atomic E-state index is 13.2. The van der Waals surface area contributed by atoms with Crippen molar-refractivity contribution in [3.8, 4) is 6.01 Å². The van der Waals surface area contributed by atoms with Crippen molar-refractivity contribution in [2.24, 2.45) is 0 Å². The molecule has 100 valence electrons. The van der Waals surface area contributed by atoms with Crippen LogP contribution < -0.4 is 15.4 Å². The summed E-state index contributed by atoms with van der Waals surface area (Å²) in [6, 6.07) is 4.19. The average Bonchev–Trinajstić information content (AvgIpc) is 2.37. The third kappa shape index (κ3) is 3.41. The SMILES string of the molecule is CNc1nc(Nc2cc(F)cc(Cl)c2)nc(OC)n1. The zero-order valence-electron chi connectivity index (χ0n) is 10.2. The number of aromatic nitrogens is 3. The molecule has 1 heterocycles. The molecule has 0 aliphatic carbocycles. The molecule has 0 fully saturated rings. The largest absolute Gasteiger partial charge is 0.467 e. The second kappa shape index (κ2) is 5.66. The number of rotatable bonds is 4. The van der Waals surface area contributed by atoms with E-state index in [4.69, 9.17) is 16.3 Å². The lowest BCUT2D eigenvalue weighted by molar-refractivity contribution is 0.379. The van der Waals surface area contributed by atoms with Gasteiger partial charge in [0.2, 0.25) is 11.9 Å². The number of nitrogens with zero attached hydrogens (tertiary/aromatic N) is 3. The van der Waals surface area contributed by atoms with Gasteiger partial charge >= 0.3 is 6.01 Å². The highest BCUT2D eigenvalue weighted by Gasteiger charge is 2.07. The number of methoxy groups -OCH3 is 1. The van der Waals surface area contributed by atoms with Gasteiger partial charge in [-0.3, -0.25) is 0 Å². The number of hydrogen-bond acceptors (Lipinski definition) is 6. The quantitative estimate of drug-likeness (QED) is 0.898. The van der Waals surface area contributed by atoms with Crippen LogP contribution in [0.15, 0.2) is 18.2 Å². The monoisotopic (exact) mass is 283 g/mol. The van der Waals surface area contributed by atoms with Gasteiger partial charge in [-0.25, -0.2) is 4.39 Å². The molecule has 1 aromatic carbocycles. The first-order chi connectivity index (χ1) is 9.10. The van der Waals surface area contributed by atoms with E-state index in [9.17, 15) is 4.39 Å². The molecule has 0 radical (unpaired) electrons. The van der Waals surface area contributed by atoms with E-state index >= 15 is 0 Å². The Kier molecular flexibility index (Phi) is 3.96. The maximum atomic E-state index is 13.2. The van der Waals surface area contributed by atoms with Gasteiger partial charge in [0.1, 0.15) is 5.82 Å². The Balaban J connectivity index is 2.31. The lowest BCUT2D eigenvalue weighted by Crippen LogP contribution is -2.05. The molecule has 19 heavy (non-hydrogen) atoms. The summed E-state index contributed by atoms with van der Waals surface area (Å²) >= 11 is 5.76. The fourth-order valence-corrected chi connectivity index (χ4v) is 1.59. The van der Waals surface area contributed by atoms with E-state index in [1.807, 2.05) is 0 Å². The van der Waals surface area contributed by atoms with Crippen molar-refractivity contribution in [3.05, 3.63) is 29.0 Å².